The van der Waals surface area contributed by atoms with E-state index in [9.17, 15) is 18.4 Å². The Balaban J connectivity index is 1.46. The van der Waals surface area contributed by atoms with Crippen LogP contribution in [0.5, 0.6) is 0 Å². The maximum atomic E-state index is 13.2. The normalized spacial score (nSPS) is 12.5. The SMILES string of the molecule is Cc1ccc(-n2nc(C(=O)NCC(=O)Nc3ccc(F)c(F)c3)c3c2CCC3)cc1. The molecule has 1 aromatic heterocycles. The first-order valence-electron chi connectivity index (χ1n) is 9.63. The molecule has 0 aliphatic heterocycles. The van der Waals surface area contributed by atoms with Crippen molar-refractivity contribution in [2.24, 2.45) is 0 Å². The molecular weight excluding hydrogens is 390 g/mol. The van der Waals surface area contributed by atoms with Crippen LogP contribution in [0.2, 0.25) is 0 Å². The van der Waals surface area contributed by atoms with Crippen LogP contribution in [0.15, 0.2) is 42.5 Å². The fourth-order valence-electron chi connectivity index (χ4n) is 3.54. The number of rotatable bonds is 5. The summed E-state index contributed by atoms with van der Waals surface area (Å²) in [7, 11) is 0. The molecule has 0 saturated heterocycles. The number of fused-ring (bicyclic) bond motifs is 1. The minimum absolute atomic E-state index is 0.109. The Hall–Kier alpha value is -3.55. The van der Waals surface area contributed by atoms with Gasteiger partial charge in [-0.1, -0.05) is 17.7 Å². The number of hydrogen-bond donors (Lipinski definition) is 2. The average Bonchev–Trinajstić information content (AvgIpc) is 3.32. The summed E-state index contributed by atoms with van der Waals surface area (Å²) in [6.07, 6.45) is 2.53. The van der Waals surface area contributed by atoms with E-state index in [1.165, 1.54) is 6.07 Å². The molecule has 0 bridgehead atoms. The van der Waals surface area contributed by atoms with Crippen molar-refractivity contribution in [3.05, 3.63) is 76.6 Å². The van der Waals surface area contributed by atoms with E-state index in [2.05, 4.69) is 15.7 Å². The molecule has 2 aromatic carbocycles. The first kappa shape index (κ1) is 19.8. The van der Waals surface area contributed by atoms with Gasteiger partial charge in [-0.3, -0.25) is 9.59 Å². The number of halogens is 2. The van der Waals surface area contributed by atoms with Crippen molar-refractivity contribution in [2.45, 2.75) is 26.2 Å². The van der Waals surface area contributed by atoms with Crippen molar-refractivity contribution < 1.29 is 18.4 Å². The highest BCUT2D eigenvalue weighted by Gasteiger charge is 2.27. The molecule has 2 N–H and O–H groups in total. The predicted octanol–water partition coefficient (Wildman–Crippen LogP) is 3.32. The fourth-order valence-corrected chi connectivity index (χ4v) is 3.54. The van der Waals surface area contributed by atoms with Crippen LogP contribution in [0.25, 0.3) is 5.69 Å². The van der Waals surface area contributed by atoms with Crippen LogP contribution in [0, 0.1) is 18.6 Å². The molecule has 3 aromatic rings. The quantitative estimate of drug-likeness (QED) is 0.678. The number of aryl methyl sites for hydroxylation is 1. The first-order valence-corrected chi connectivity index (χ1v) is 9.63. The van der Waals surface area contributed by atoms with E-state index < -0.39 is 23.4 Å². The molecule has 0 atom stereocenters. The van der Waals surface area contributed by atoms with Gasteiger partial charge in [-0.25, -0.2) is 13.5 Å². The fraction of sp³-hybridized carbons (Fsp3) is 0.227. The number of nitrogens with zero attached hydrogens (tertiary/aromatic N) is 2. The monoisotopic (exact) mass is 410 g/mol. The summed E-state index contributed by atoms with van der Waals surface area (Å²) in [6, 6.07) is 10.9. The van der Waals surface area contributed by atoms with Crippen molar-refractivity contribution in [3.8, 4) is 5.69 Å². The lowest BCUT2D eigenvalue weighted by Crippen LogP contribution is -2.33. The van der Waals surface area contributed by atoms with Crippen LogP contribution in [-0.2, 0) is 17.6 Å². The van der Waals surface area contributed by atoms with E-state index in [0.29, 0.717) is 5.69 Å². The molecule has 4 rings (SSSR count). The third kappa shape index (κ3) is 3.94. The van der Waals surface area contributed by atoms with E-state index >= 15 is 0 Å². The second kappa shape index (κ2) is 8.06. The lowest BCUT2D eigenvalue weighted by atomic mass is 10.2. The molecule has 0 saturated carbocycles. The molecule has 1 aliphatic rings. The van der Waals surface area contributed by atoms with Crippen LogP contribution in [0.1, 0.15) is 33.7 Å². The van der Waals surface area contributed by atoms with Gasteiger partial charge in [0.25, 0.3) is 5.91 Å². The highest BCUT2D eigenvalue weighted by molar-refractivity contribution is 5.99. The van der Waals surface area contributed by atoms with E-state index in [0.717, 1.165) is 53.9 Å². The van der Waals surface area contributed by atoms with Crippen molar-refractivity contribution in [1.82, 2.24) is 15.1 Å². The molecule has 154 valence electrons. The summed E-state index contributed by atoms with van der Waals surface area (Å²) in [5.41, 5.74) is 4.34. The van der Waals surface area contributed by atoms with Crippen molar-refractivity contribution in [1.29, 1.82) is 0 Å². The highest BCUT2D eigenvalue weighted by Crippen LogP contribution is 2.28. The lowest BCUT2D eigenvalue weighted by Gasteiger charge is -2.07. The van der Waals surface area contributed by atoms with Gasteiger partial charge in [-0.05, 0) is 50.5 Å². The summed E-state index contributed by atoms with van der Waals surface area (Å²) >= 11 is 0. The number of nitrogens with one attached hydrogen (secondary N) is 2. The van der Waals surface area contributed by atoms with Gasteiger partial charge in [0.2, 0.25) is 5.91 Å². The van der Waals surface area contributed by atoms with Crippen molar-refractivity contribution in [2.75, 3.05) is 11.9 Å². The largest absolute Gasteiger partial charge is 0.342 e. The van der Waals surface area contributed by atoms with Gasteiger partial charge in [0.05, 0.1) is 12.2 Å². The third-order valence-corrected chi connectivity index (χ3v) is 5.04. The van der Waals surface area contributed by atoms with Gasteiger partial charge in [0.15, 0.2) is 17.3 Å². The Morgan fingerprint density at radius 3 is 2.57 bits per heavy atom. The van der Waals surface area contributed by atoms with Gasteiger partial charge >= 0.3 is 0 Å². The zero-order valence-electron chi connectivity index (χ0n) is 16.3. The van der Waals surface area contributed by atoms with Crippen LogP contribution in [0.3, 0.4) is 0 Å². The molecule has 1 aliphatic carbocycles. The molecule has 0 fully saturated rings. The zero-order valence-corrected chi connectivity index (χ0v) is 16.3. The predicted molar refractivity (Wildman–Crippen MR) is 108 cm³/mol. The number of hydrogen-bond acceptors (Lipinski definition) is 3. The average molecular weight is 410 g/mol. The number of carbonyl (C=O) groups excluding carboxylic acids is 2. The Bertz CT molecular complexity index is 1120. The summed E-state index contributed by atoms with van der Waals surface area (Å²) < 4.78 is 28.0. The van der Waals surface area contributed by atoms with Crippen LogP contribution < -0.4 is 10.6 Å². The number of anilines is 1. The Morgan fingerprint density at radius 1 is 1.07 bits per heavy atom. The van der Waals surface area contributed by atoms with Gasteiger partial charge in [0.1, 0.15) is 0 Å². The summed E-state index contributed by atoms with van der Waals surface area (Å²) in [6.45, 7) is 1.69. The molecule has 0 spiro atoms. The van der Waals surface area contributed by atoms with E-state index in [4.69, 9.17) is 0 Å². The zero-order chi connectivity index (χ0) is 21.3. The summed E-state index contributed by atoms with van der Waals surface area (Å²) in [4.78, 5) is 24.8. The second-order valence-corrected chi connectivity index (χ2v) is 7.23. The Kier molecular flexibility index (Phi) is 5.31. The number of aromatic nitrogens is 2. The molecule has 0 unspecified atom stereocenters. The van der Waals surface area contributed by atoms with Gasteiger partial charge in [-0.2, -0.15) is 5.10 Å². The van der Waals surface area contributed by atoms with Crippen LogP contribution >= 0.6 is 0 Å². The van der Waals surface area contributed by atoms with E-state index in [1.54, 1.807) is 4.68 Å². The highest BCUT2D eigenvalue weighted by atomic mass is 19.2. The van der Waals surface area contributed by atoms with Crippen molar-refractivity contribution >= 4 is 17.5 Å². The number of amides is 2. The maximum absolute atomic E-state index is 13.2. The molecule has 8 heteroatoms. The topological polar surface area (TPSA) is 76.0 Å². The molecule has 30 heavy (non-hydrogen) atoms. The minimum Gasteiger partial charge on any atom is -0.342 e. The third-order valence-electron chi connectivity index (χ3n) is 5.04. The van der Waals surface area contributed by atoms with Crippen LogP contribution in [0.4, 0.5) is 14.5 Å². The number of carbonyl (C=O) groups is 2. The van der Waals surface area contributed by atoms with Crippen molar-refractivity contribution in [3.63, 3.8) is 0 Å². The Labute approximate surface area is 171 Å². The maximum Gasteiger partial charge on any atom is 0.272 e. The lowest BCUT2D eigenvalue weighted by molar-refractivity contribution is -0.115. The molecule has 2 amide bonds. The first-order chi connectivity index (χ1) is 14.4. The Morgan fingerprint density at radius 2 is 1.83 bits per heavy atom. The second-order valence-electron chi connectivity index (χ2n) is 7.23. The summed E-state index contributed by atoms with van der Waals surface area (Å²) in [5, 5.41) is 9.47. The molecular formula is C22H20F2N4O2. The summed E-state index contributed by atoms with van der Waals surface area (Å²) in [5.74, 6) is -3.06. The van der Waals surface area contributed by atoms with E-state index in [1.807, 2.05) is 31.2 Å². The minimum atomic E-state index is -1.06. The number of benzene rings is 2. The smallest absolute Gasteiger partial charge is 0.272 e. The van der Waals surface area contributed by atoms with Crippen LogP contribution in [-0.4, -0.2) is 28.1 Å². The molecule has 1 heterocycles. The standard InChI is InChI=1S/C22H20F2N4O2/c1-13-5-8-15(9-6-13)28-19-4-2-3-16(19)21(27-28)22(30)25-12-20(29)26-14-7-10-17(23)18(24)11-14/h5-11H,2-4,12H2,1H3,(H,25,30)(H,26,29). The molecule has 0 radical (unpaired) electrons. The molecule has 6 nitrogen and oxygen atoms in total. The van der Waals surface area contributed by atoms with Gasteiger partial charge < -0.3 is 10.6 Å². The van der Waals surface area contributed by atoms with Gasteiger partial charge in [0, 0.05) is 23.0 Å². The van der Waals surface area contributed by atoms with Gasteiger partial charge in [-0.15, -0.1) is 0 Å². The van der Waals surface area contributed by atoms with E-state index in [-0.39, 0.29) is 12.2 Å².